The summed E-state index contributed by atoms with van der Waals surface area (Å²) in [5, 5.41) is 11.5. The van der Waals surface area contributed by atoms with Crippen LogP contribution in [0.3, 0.4) is 0 Å². The first-order chi connectivity index (χ1) is 17.1. The molecule has 0 spiro atoms. The third-order valence-electron chi connectivity index (χ3n) is 6.40. The van der Waals surface area contributed by atoms with Crippen molar-refractivity contribution in [2.75, 3.05) is 0 Å². The van der Waals surface area contributed by atoms with E-state index in [9.17, 15) is 0 Å². The van der Waals surface area contributed by atoms with Crippen LogP contribution in [-0.2, 0) is 6.54 Å². The quantitative estimate of drug-likeness (QED) is 0.198. The highest BCUT2D eigenvalue weighted by Crippen LogP contribution is 2.28. The van der Waals surface area contributed by atoms with Crippen molar-refractivity contribution >= 4 is 33.2 Å². The van der Waals surface area contributed by atoms with Gasteiger partial charge in [-0.3, -0.25) is 9.98 Å². The van der Waals surface area contributed by atoms with Gasteiger partial charge in [0.25, 0.3) is 0 Å². The number of aliphatic imine (C=N–C) groups is 2. The molecule has 5 aromatic rings. The molecule has 0 N–H and O–H groups in total. The largest absolute Gasteiger partial charge is 0.285 e. The normalized spacial score (nSPS) is 13.3. The van der Waals surface area contributed by atoms with E-state index in [4.69, 9.17) is 9.98 Å². The maximum atomic E-state index is 4.98. The third-order valence-corrected chi connectivity index (χ3v) is 6.40. The molecule has 0 aliphatic rings. The molecule has 4 nitrogen and oxygen atoms in total. The topological polar surface area (TPSA) is 50.5 Å². The first-order valence-electron chi connectivity index (χ1n) is 11.9. The van der Waals surface area contributed by atoms with Crippen LogP contribution in [0.25, 0.3) is 21.8 Å². The van der Waals surface area contributed by atoms with Crippen molar-refractivity contribution in [2.45, 2.75) is 33.4 Å². The van der Waals surface area contributed by atoms with E-state index in [1.807, 2.05) is 31.2 Å². The Balaban J connectivity index is 1.55. The van der Waals surface area contributed by atoms with E-state index in [1.165, 1.54) is 11.1 Å². The van der Waals surface area contributed by atoms with E-state index >= 15 is 0 Å². The van der Waals surface area contributed by atoms with Gasteiger partial charge in [-0.2, -0.15) is 0 Å². The summed E-state index contributed by atoms with van der Waals surface area (Å²) in [6.45, 7) is 6.86. The van der Waals surface area contributed by atoms with Crippen molar-refractivity contribution in [2.24, 2.45) is 9.98 Å². The lowest BCUT2D eigenvalue weighted by Crippen LogP contribution is -2.04. The van der Waals surface area contributed by atoms with Crippen LogP contribution < -0.4 is 0 Å². The fraction of sp³-hybridized carbons (Fsp3) is 0.161. The average Bonchev–Trinajstić information content (AvgIpc) is 2.91. The highest BCUT2D eigenvalue weighted by atomic mass is 15.1. The SMILES string of the molecule is C/C(=N\Cc1ccccc1)c1cccc2c1nnc1c(/C(C)=N/C(C)c3ccccc3)cccc12. The Morgan fingerprint density at radius 3 is 1.80 bits per heavy atom. The Bertz CT molecular complexity index is 1540. The Morgan fingerprint density at radius 1 is 0.657 bits per heavy atom. The molecule has 0 aliphatic heterocycles. The van der Waals surface area contributed by atoms with Crippen LogP contribution in [0.4, 0.5) is 0 Å². The van der Waals surface area contributed by atoms with E-state index < -0.39 is 0 Å². The molecule has 0 fully saturated rings. The number of aromatic nitrogens is 2. The number of hydrogen-bond acceptors (Lipinski definition) is 4. The van der Waals surface area contributed by atoms with E-state index in [1.54, 1.807) is 0 Å². The average molecular weight is 457 g/mol. The standard InChI is InChI=1S/C31H28N4/c1-21(25-14-8-5-9-15-25)33-23(3)27-17-11-19-29-28-18-10-16-26(30(28)34-35-31(27)29)22(2)32-20-24-12-6-4-7-13-24/h4-19,21H,20H2,1-3H3/b32-22+,33-23+. The van der Waals surface area contributed by atoms with Gasteiger partial charge in [0.2, 0.25) is 0 Å². The number of benzene rings is 4. The number of rotatable bonds is 6. The van der Waals surface area contributed by atoms with Crippen LogP contribution in [0, 0.1) is 0 Å². The number of nitrogens with zero attached hydrogens (tertiary/aromatic N) is 4. The summed E-state index contributed by atoms with van der Waals surface area (Å²) in [5.41, 5.74) is 8.07. The smallest absolute Gasteiger partial charge is 0.103 e. The molecule has 1 aromatic heterocycles. The highest BCUT2D eigenvalue weighted by molar-refractivity contribution is 6.17. The first kappa shape index (κ1) is 22.6. The summed E-state index contributed by atoms with van der Waals surface area (Å²) in [6, 6.07) is 33.2. The molecule has 1 unspecified atom stereocenters. The van der Waals surface area contributed by atoms with Crippen molar-refractivity contribution in [3.8, 4) is 0 Å². The third kappa shape index (κ3) is 4.73. The zero-order valence-electron chi connectivity index (χ0n) is 20.3. The van der Waals surface area contributed by atoms with Gasteiger partial charge in [-0.1, -0.05) is 97.1 Å². The van der Waals surface area contributed by atoms with E-state index in [0.717, 1.165) is 44.4 Å². The highest BCUT2D eigenvalue weighted by Gasteiger charge is 2.14. The van der Waals surface area contributed by atoms with E-state index in [-0.39, 0.29) is 6.04 Å². The molecule has 0 radical (unpaired) electrons. The van der Waals surface area contributed by atoms with Gasteiger partial charge in [-0.05, 0) is 31.9 Å². The van der Waals surface area contributed by atoms with Crippen LogP contribution in [-0.4, -0.2) is 21.6 Å². The number of fused-ring (bicyclic) bond motifs is 3. The molecule has 0 aliphatic carbocycles. The molecule has 0 saturated carbocycles. The summed E-state index contributed by atoms with van der Waals surface area (Å²) in [4.78, 5) is 9.81. The van der Waals surface area contributed by atoms with Crippen molar-refractivity contribution in [1.82, 2.24) is 10.2 Å². The molecule has 0 amide bonds. The van der Waals surface area contributed by atoms with Gasteiger partial charge >= 0.3 is 0 Å². The summed E-state index contributed by atoms with van der Waals surface area (Å²) < 4.78 is 0. The molecule has 4 heteroatoms. The minimum Gasteiger partial charge on any atom is -0.285 e. The minimum absolute atomic E-state index is 0.0648. The molecule has 4 aromatic carbocycles. The fourth-order valence-electron chi connectivity index (χ4n) is 4.47. The maximum Gasteiger partial charge on any atom is 0.103 e. The molecule has 0 bridgehead atoms. The van der Waals surface area contributed by atoms with Crippen LogP contribution >= 0.6 is 0 Å². The molecule has 0 saturated heterocycles. The van der Waals surface area contributed by atoms with Gasteiger partial charge in [-0.25, -0.2) is 0 Å². The Labute approximate surface area is 206 Å². The minimum atomic E-state index is 0.0648. The molecule has 35 heavy (non-hydrogen) atoms. The fourth-order valence-corrected chi connectivity index (χ4v) is 4.47. The lowest BCUT2D eigenvalue weighted by atomic mass is 10.00. The summed E-state index contributed by atoms with van der Waals surface area (Å²) in [6.07, 6.45) is 0. The van der Waals surface area contributed by atoms with Gasteiger partial charge in [0, 0.05) is 33.3 Å². The van der Waals surface area contributed by atoms with Gasteiger partial charge in [-0.15, -0.1) is 10.2 Å². The zero-order valence-corrected chi connectivity index (χ0v) is 20.3. The monoisotopic (exact) mass is 456 g/mol. The molecule has 1 heterocycles. The predicted octanol–water partition coefficient (Wildman–Crippen LogP) is 7.36. The second kappa shape index (κ2) is 9.98. The summed E-state index contributed by atoms with van der Waals surface area (Å²) in [7, 11) is 0. The van der Waals surface area contributed by atoms with Gasteiger partial charge in [0.15, 0.2) is 0 Å². The van der Waals surface area contributed by atoms with Crippen molar-refractivity contribution in [3.05, 3.63) is 119 Å². The first-order valence-corrected chi connectivity index (χ1v) is 11.9. The number of hydrogen-bond donors (Lipinski definition) is 0. The molecular weight excluding hydrogens is 428 g/mol. The summed E-state index contributed by atoms with van der Waals surface area (Å²) >= 11 is 0. The molecule has 172 valence electrons. The van der Waals surface area contributed by atoms with Crippen LogP contribution in [0.15, 0.2) is 107 Å². The van der Waals surface area contributed by atoms with Gasteiger partial charge in [0.1, 0.15) is 11.0 Å². The second-order valence-electron chi connectivity index (χ2n) is 8.79. The van der Waals surface area contributed by atoms with Gasteiger partial charge in [0.05, 0.1) is 12.6 Å². The van der Waals surface area contributed by atoms with Crippen LogP contribution in [0.1, 0.15) is 49.1 Å². The van der Waals surface area contributed by atoms with Crippen LogP contribution in [0.2, 0.25) is 0 Å². The summed E-state index contributed by atoms with van der Waals surface area (Å²) in [5.74, 6) is 0. The lowest BCUT2D eigenvalue weighted by Gasteiger charge is -2.12. The molecule has 1 atom stereocenters. The zero-order chi connectivity index (χ0) is 24.2. The van der Waals surface area contributed by atoms with Crippen molar-refractivity contribution < 1.29 is 0 Å². The lowest BCUT2D eigenvalue weighted by molar-refractivity contribution is 0.820. The maximum absolute atomic E-state index is 4.98. The van der Waals surface area contributed by atoms with Gasteiger partial charge < -0.3 is 0 Å². The second-order valence-corrected chi connectivity index (χ2v) is 8.79. The van der Waals surface area contributed by atoms with E-state index in [0.29, 0.717) is 6.54 Å². The molecular formula is C31H28N4. The van der Waals surface area contributed by atoms with Crippen molar-refractivity contribution in [3.63, 3.8) is 0 Å². The Hall–Kier alpha value is -4.18. The van der Waals surface area contributed by atoms with E-state index in [2.05, 4.69) is 96.8 Å². The van der Waals surface area contributed by atoms with Crippen molar-refractivity contribution in [1.29, 1.82) is 0 Å². The molecule has 5 rings (SSSR count). The van der Waals surface area contributed by atoms with Crippen LogP contribution in [0.5, 0.6) is 0 Å². The Morgan fingerprint density at radius 2 is 1.20 bits per heavy atom. The predicted molar refractivity (Wildman–Crippen MR) is 146 cm³/mol. The Kier molecular flexibility index (Phi) is 6.44.